The number of aromatic nitrogens is 3. The summed E-state index contributed by atoms with van der Waals surface area (Å²) in [6, 6.07) is 5.55. The maximum Gasteiger partial charge on any atom is 0.419 e. The van der Waals surface area contributed by atoms with E-state index in [2.05, 4.69) is 15.3 Å². The zero-order chi connectivity index (χ0) is 15.5. The Kier molecular flexibility index (Phi) is 3.69. The first-order valence-electron chi connectivity index (χ1n) is 6.78. The standard InChI is InChI=1S/C15H14N4O3/c1-19-12-3-2-10(8-13(12)22-15(19)21)4-5-18-14(20)11-9-16-6-7-17-11/h2-3,6-9H,4-5H2,1H3,(H,18,20). The molecule has 22 heavy (non-hydrogen) atoms. The molecular formula is C15H14N4O3. The third kappa shape index (κ3) is 2.73. The molecule has 0 aliphatic carbocycles. The van der Waals surface area contributed by atoms with Crippen molar-refractivity contribution in [1.29, 1.82) is 0 Å². The fourth-order valence-electron chi connectivity index (χ4n) is 2.16. The van der Waals surface area contributed by atoms with Gasteiger partial charge in [-0.25, -0.2) is 9.78 Å². The van der Waals surface area contributed by atoms with Gasteiger partial charge in [0.05, 0.1) is 11.7 Å². The van der Waals surface area contributed by atoms with Gasteiger partial charge < -0.3 is 9.73 Å². The van der Waals surface area contributed by atoms with E-state index >= 15 is 0 Å². The number of carbonyl (C=O) groups excluding carboxylic acids is 1. The van der Waals surface area contributed by atoms with Crippen LogP contribution in [0.3, 0.4) is 0 Å². The van der Waals surface area contributed by atoms with Crippen molar-refractivity contribution >= 4 is 17.0 Å². The molecule has 1 N–H and O–H groups in total. The molecule has 2 heterocycles. The van der Waals surface area contributed by atoms with Crippen molar-refractivity contribution < 1.29 is 9.21 Å². The normalized spacial score (nSPS) is 10.8. The van der Waals surface area contributed by atoms with Crippen LogP contribution < -0.4 is 11.1 Å². The van der Waals surface area contributed by atoms with Crippen molar-refractivity contribution in [2.75, 3.05) is 6.54 Å². The highest BCUT2D eigenvalue weighted by Crippen LogP contribution is 2.14. The predicted molar refractivity (Wildman–Crippen MR) is 79.5 cm³/mol. The zero-order valence-electron chi connectivity index (χ0n) is 11.9. The topological polar surface area (TPSA) is 90.0 Å². The van der Waals surface area contributed by atoms with Crippen molar-refractivity contribution in [2.45, 2.75) is 6.42 Å². The Morgan fingerprint density at radius 1 is 1.36 bits per heavy atom. The Bertz CT molecular complexity index is 867. The first-order chi connectivity index (χ1) is 10.6. The number of fused-ring (bicyclic) bond motifs is 1. The van der Waals surface area contributed by atoms with Crippen LogP contribution in [0.4, 0.5) is 0 Å². The van der Waals surface area contributed by atoms with E-state index in [1.54, 1.807) is 7.05 Å². The molecule has 0 fully saturated rings. The second-order valence-electron chi connectivity index (χ2n) is 4.83. The lowest BCUT2D eigenvalue weighted by Crippen LogP contribution is -2.26. The van der Waals surface area contributed by atoms with Gasteiger partial charge in [-0.1, -0.05) is 6.07 Å². The van der Waals surface area contributed by atoms with Crippen molar-refractivity contribution in [1.82, 2.24) is 19.9 Å². The molecule has 0 aliphatic rings. The molecule has 3 rings (SSSR count). The summed E-state index contributed by atoms with van der Waals surface area (Å²) in [4.78, 5) is 31.0. The number of hydrogen-bond donors (Lipinski definition) is 1. The van der Waals surface area contributed by atoms with E-state index in [0.29, 0.717) is 18.5 Å². The number of oxazole rings is 1. The fourth-order valence-corrected chi connectivity index (χ4v) is 2.16. The van der Waals surface area contributed by atoms with Gasteiger partial charge in [-0.2, -0.15) is 0 Å². The van der Waals surface area contributed by atoms with Crippen molar-refractivity contribution in [2.24, 2.45) is 7.05 Å². The van der Waals surface area contributed by atoms with Crippen molar-refractivity contribution in [3.05, 3.63) is 58.6 Å². The number of hydrogen-bond acceptors (Lipinski definition) is 5. The summed E-state index contributed by atoms with van der Waals surface area (Å²) >= 11 is 0. The van der Waals surface area contributed by atoms with Crippen LogP contribution in [0.5, 0.6) is 0 Å². The maximum absolute atomic E-state index is 11.8. The molecule has 7 nitrogen and oxygen atoms in total. The van der Waals surface area contributed by atoms with Crippen LogP contribution in [0.2, 0.25) is 0 Å². The highest BCUT2D eigenvalue weighted by molar-refractivity contribution is 5.91. The Morgan fingerprint density at radius 2 is 2.23 bits per heavy atom. The molecule has 0 atom stereocenters. The molecule has 0 saturated heterocycles. The third-order valence-electron chi connectivity index (χ3n) is 3.35. The second kappa shape index (κ2) is 5.80. The predicted octanol–water partition coefficient (Wildman–Crippen LogP) is 0.894. The van der Waals surface area contributed by atoms with Gasteiger partial charge in [-0.15, -0.1) is 0 Å². The monoisotopic (exact) mass is 298 g/mol. The molecule has 7 heteroatoms. The molecule has 0 radical (unpaired) electrons. The first-order valence-corrected chi connectivity index (χ1v) is 6.78. The summed E-state index contributed by atoms with van der Waals surface area (Å²) in [6.45, 7) is 0.456. The molecule has 112 valence electrons. The molecule has 0 saturated carbocycles. The number of nitrogens with one attached hydrogen (secondary N) is 1. The van der Waals surface area contributed by atoms with Gasteiger partial charge in [0.15, 0.2) is 5.58 Å². The van der Waals surface area contributed by atoms with E-state index in [0.717, 1.165) is 11.1 Å². The highest BCUT2D eigenvalue weighted by atomic mass is 16.4. The fraction of sp³-hybridized carbons (Fsp3) is 0.200. The van der Waals surface area contributed by atoms with Crippen LogP contribution in [-0.4, -0.2) is 27.0 Å². The Morgan fingerprint density at radius 3 is 3.00 bits per heavy atom. The summed E-state index contributed by atoms with van der Waals surface area (Å²) in [6.07, 6.45) is 5.03. The van der Waals surface area contributed by atoms with Crippen LogP contribution >= 0.6 is 0 Å². The second-order valence-corrected chi connectivity index (χ2v) is 4.83. The number of amides is 1. The van der Waals surface area contributed by atoms with Crippen LogP contribution in [-0.2, 0) is 13.5 Å². The number of rotatable bonds is 4. The summed E-state index contributed by atoms with van der Waals surface area (Å²) in [5.41, 5.74) is 2.55. The van der Waals surface area contributed by atoms with Gasteiger partial charge in [0, 0.05) is 26.0 Å². The van der Waals surface area contributed by atoms with Gasteiger partial charge in [0.2, 0.25) is 0 Å². The van der Waals surface area contributed by atoms with Gasteiger partial charge in [0.25, 0.3) is 5.91 Å². The average Bonchev–Trinajstić information content (AvgIpc) is 2.82. The maximum atomic E-state index is 11.8. The number of benzene rings is 1. The number of aryl methyl sites for hydroxylation is 1. The lowest BCUT2D eigenvalue weighted by atomic mass is 10.1. The van der Waals surface area contributed by atoms with Crippen LogP contribution in [0, 0.1) is 0 Å². The van der Waals surface area contributed by atoms with Crippen molar-refractivity contribution in [3.63, 3.8) is 0 Å². The van der Waals surface area contributed by atoms with E-state index in [1.165, 1.54) is 23.2 Å². The lowest BCUT2D eigenvalue weighted by molar-refractivity contribution is 0.0948. The van der Waals surface area contributed by atoms with E-state index in [1.807, 2.05) is 18.2 Å². The van der Waals surface area contributed by atoms with Crippen LogP contribution in [0.25, 0.3) is 11.1 Å². The SMILES string of the molecule is Cn1c(=O)oc2cc(CCNC(=O)c3cnccn3)ccc21. The molecule has 1 amide bonds. The highest BCUT2D eigenvalue weighted by Gasteiger charge is 2.08. The Balaban J connectivity index is 1.64. The third-order valence-corrected chi connectivity index (χ3v) is 3.35. The molecule has 2 aromatic heterocycles. The van der Waals surface area contributed by atoms with Gasteiger partial charge >= 0.3 is 5.76 Å². The molecule has 0 aliphatic heterocycles. The average molecular weight is 298 g/mol. The minimum Gasteiger partial charge on any atom is -0.408 e. The van der Waals surface area contributed by atoms with E-state index < -0.39 is 0 Å². The summed E-state index contributed by atoms with van der Waals surface area (Å²) < 4.78 is 6.59. The van der Waals surface area contributed by atoms with Gasteiger partial charge in [-0.3, -0.25) is 14.3 Å². The molecule has 3 aromatic rings. The van der Waals surface area contributed by atoms with E-state index in [-0.39, 0.29) is 17.4 Å². The quantitative estimate of drug-likeness (QED) is 0.772. The minimum atomic E-state index is -0.386. The minimum absolute atomic E-state index is 0.263. The van der Waals surface area contributed by atoms with Crippen LogP contribution in [0.15, 0.2) is 46.0 Å². The number of nitrogens with zero attached hydrogens (tertiary/aromatic N) is 3. The first kappa shape index (κ1) is 14.0. The molecular weight excluding hydrogens is 284 g/mol. The summed E-state index contributed by atoms with van der Waals surface area (Å²) in [5.74, 6) is -0.650. The lowest BCUT2D eigenvalue weighted by Gasteiger charge is -2.04. The largest absolute Gasteiger partial charge is 0.419 e. The molecule has 0 unspecified atom stereocenters. The van der Waals surface area contributed by atoms with E-state index in [9.17, 15) is 9.59 Å². The zero-order valence-corrected chi connectivity index (χ0v) is 11.9. The number of carbonyl (C=O) groups is 1. The van der Waals surface area contributed by atoms with Crippen molar-refractivity contribution in [3.8, 4) is 0 Å². The van der Waals surface area contributed by atoms with Crippen LogP contribution in [0.1, 0.15) is 16.1 Å². The van der Waals surface area contributed by atoms with E-state index in [4.69, 9.17) is 4.42 Å². The smallest absolute Gasteiger partial charge is 0.408 e. The molecule has 0 spiro atoms. The summed E-state index contributed by atoms with van der Waals surface area (Å²) in [5, 5.41) is 2.77. The summed E-state index contributed by atoms with van der Waals surface area (Å²) in [7, 11) is 1.66. The Hall–Kier alpha value is -2.96. The molecule has 0 bridgehead atoms. The Labute approximate surface area is 125 Å². The van der Waals surface area contributed by atoms with Gasteiger partial charge in [-0.05, 0) is 24.1 Å². The molecule has 1 aromatic carbocycles. The van der Waals surface area contributed by atoms with Gasteiger partial charge in [0.1, 0.15) is 5.69 Å².